The van der Waals surface area contributed by atoms with E-state index in [0.717, 1.165) is 0 Å². The Balaban J connectivity index is 1.93. The third kappa shape index (κ3) is 2.71. The molecule has 0 bridgehead atoms. The van der Waals surface area contributed by atoms with Crippen LogP contribution < -0.4 is 0 Å². The molecule has 2 atom stereocenters. The molecule has 5 nitrogen and oxygen atoms in total. The molecule has 0 aromatic carbocycles. The number of hydrogen-bond donors (Lipinski definition) is 1. The Morgan fingerprint density at radius 1 is 1.59 bits per heavy atom. The zero-order chi connectivity index (χ0) is 12.4. The van der Waals surface area contributed by atoms with Gasteiger partial charge in [0.05, 0.1) is 30.8 Å². The minimum Gasteiger partial charge on any atom is -0.394 e. The van der Waals surface area contributed by atoms with Crippen LogP contribution >= 0.6 is 11.8 Å². The zero-order valence-electron chi connectivity index (χ0n) is 9.34. The third-order valence-corrected chi connectivity index (χ3v) is 3.99. The Labute approximate surface area is 103 Å². The molecular weight excluding hydrogens is 247 g/mol. The lowest BCUT2D eigenvalue weighted by atomic mass is 10.2. The van der Waals surface area contributed by atoms with Gasteiger partial charge in [-0.15, -0.1) is 11.8 Å². The van der Waals surface area contributed by atoms with Crippen molar-refractivity contribution in [2.24, 2.45) is 0 Å². The second kappa shape index (κ2) is 5.22. The van der Waals surface area contributed by atoms with E-state index in [2.05, 4.69) is 0 Å². The average molecular weight is 262 g/mol. The molecule has 2 heterocycles. The highest BCUT2D eigenvalue weighted by Gasteiger charge is 2.36. The largest absolute Gasteiger partial charge is 0.394 e. The van der Waals surface area contributed by atoms with Gasteiger partial charge in [0.1, 0.15) is 12.7 Å². The first-order valence-electron chi connectivity index (χ1n) is 5.51. The number of rotatable bonds is 3. The normalized spacial score (nSPS) is 29.2. The van der Waals surface area contributed by atoms with Crippen molar-refractivity contribution in [1.29, 1.82) is 0 Å². The standard InChI is InChI=1S/C10H15FN2O3S/c11-7-1-8(4-14)13(2-7)9(15)3-12-6-17-5-10(12)16/h7-8,14H,1-6H2/t7-,8-/m0/s1. The van der Waals surface area contributed by atoms with E-state index in [1.807, 2.05) is 0 Å². The molecule has 2 aliphatic heterocycles. The fraction of sp³-hybridized carbons (Fsp3) is 0.800. The number of aliphatic hydroxyl groups is 1. The van der Waals surface area contributed by atoms with E-state index in [1.54, 1.807) is 0 Å². The van der Waals surface area contributed by atoms with Crippen LogP contribution in [0.1, 0.15) is 6.42 Å². The van der Waals surface area contributed by atoms with Crippen molar-refractivity contribution in [3.8, 4) is 0 Å². The highest BCUT2D eigenvalue weighted by atomic mass is 32.2. The number of aliphatic hydroxyl groups excluding tert-OH is 1. The summed E-state index contributed by atoms with van der Waals surface area (Å²) in [6.45, 7) is -0.205. The molecule has 17 heavy (non-hydrogen) atoms. The third-order valence-electron chi connectivity index (χ3n) is 3.05. The Morgan fingerprint density at radius 3 is 2.94 bits per heavy atom. The zero-order valence-corrected chi connectivity index (χ0v) is 10.2. The molecule has 0 radical (unpaired) electrons. The first-order valence-corrected chi connectivity index (χ1v) is 6.67. The summed E-state index contributed by atoms with van der Waals surface area (Å²) in [5.74, 6) is 0.587. The summed E-state index contributed by atoms with van der Waals surface area (Å²) >= 11 is 1.46. The molecule has 1 N–H and O–H groups in total. The van der Waals surface area contributed by atoms with Crippen molar-refractivity contribution in [2.75, 3.05) is 31.3 Å². The number of thioether (sulfide) groups is 1. The van der Waals surface area contributed by atoms with Gasteiger partial charge in [-0.05, 0) is 0 Å². The van der Waals surface area contributed by atoms with Crippen molar-refractivity contribution >= 4 is 23.6 Å². The summed E-state index contributed by atoms with van der Waals surface area (Å²) in [6.07, 6.45) is -0.884. The Morgan fingerprint density at radius 2 is 2.35 bits per heavy atom. The number of halogens is 1. The summed E-state index contributed by atoms with van der Waals surface area (Å²) in [5.41, 5.74) is 0. The summed E-state index contributed by atoms with van der Waals surface area (Å²) in [5, 5.41) is 9.07. The van der Waals surface area contributed by atoms with Crippen LogP contribution in [0, 0.1) is 0 Å². The Hall–Kier alpha value is -0.820. The summed E-state index contributed by atoms with van der Waals surface area (Å²) < 4.78 is 13.2. The highest BCUT2D eigenvalue weighted by molar-refractivity contribution is 8.00. The summed E-state index contributed by atoms with van der Waals surface area (Å²) in [7, 11) is 0. The molecule has 0 aromatic rings. The topological polar surface area (TPSA) is 60.9 Å². The monoisotopic (exact) mass is 262 g/mol. The van der Waals surface area contributed by atoms with Crippen LogP contribution in [0.15, 0.2) is 0 Å². The molecule has 2 aliphatic rings. The van der Waals surface area contributed by atoms with Gasteiger partial charge in [0.25, 0.3) is 0 Å². The number of carbonyl (C=O) groups excluding carboxylic acids is 2. The number of amides is 2. The van der Waals surface area contributed by atoms with Crippen molar-refractivity contribution in [1.82, 2.24) is 9.80 Å². The Kier molecular flexibility index (Phi) is 3.88. The molecule has 0 aliphatic carbocycles. The van der Waals surface area contributed by atoms with E-state index in [9.17, 15) is 14.0 Å². The van der Waals surface area contributed by atoms with Crippen LogP contribution in [0.3, 0.4) is 0 Å². The maximum atomic E-state index is 13.2. The predicted molar refractivity (Wildman–Crippen MR) is 61.1 cm³/mol. The van der Waals surface area contributed by atoms with Gasteiger partial charge in [-0.2, -0.15) is 0 Å². The minimum atomic E-state index is -1.07. The van der Waals surface area contributed by atoms with E-state index in [4.69, 9.17) is 5.11 Å². The van der Waals surface area contributed by atoms with Crippen LogP contribution in [0.5, 0.6) is 0 Å². The molecule has 0 spiro atoms. The molecule has 0 saturated carbocycles. The van der Waals surface area contributed by atoms with Gasteiger partial charge in [0.2, 0.25) is 11.8 Å². The molecule has 7 heteroatoms. The lowest BCUT2D eigenvalue weighted by Crippen LogP contribution is -2.44. The molecule has 2 saturated heterocycles. The van der Waals surface area contributed by atoms with Gasteiger partial charge < -0.3 is 14.9 Å². The van der Waals surface area contributed by atoms with Crippen molar-refractivity contribution in [3.05, 3.63) is 0 Å². The molecule has 2 rings (SSSR count). The molecule has 2 amide bonds. The number of carbonyl (C=O) groups is 2. The maximum absolute atomic E-state index is 13.2. The summed E-state index contributed by atoms with van der Waals surface area (Å²) in [4.78, 5) is 26.1. The SMILES string of the molecule is O=C1CSCN1CC(=O)N1C[C@@H](F)C[C@H]1CO. The van der Waals surface area contributed by atoms with E-state index in [1.165, 1.54) is 21.6 Å². The van der Waals surface area contributed by atoms with Crippen LogP contribution in [-0.4, -0.2) is 70.3 Å². The van der Waals surface area contributed by atoms with Gasteiger partial charge in [-0.1, -0.05) is 0 Å². The quantitative estimate of drug-likeness (QED) is 0.741. The van der Waals surface area contributed by atoms with E-state index in [0.29, 0.717) is 11.6 Å². The minimum absolute atomic E-state index is 0.00491. The van der Waals surface area contributed by atoms with Crippen LogP contribution in [0.25, 0.3) is 0 Å². The van der Waals surface area contributed by atoms with Crippen LogP contribution in [-0.2, 0) is 9.59 Å². The van der Waals surface area contributed by atoms with Gasteiger partial charge in [0.15, 0.2) is 0 Å². The van der Waals surface area contributed by atoms with E-state index in [-0.39, 0.29) is 37.9 Å². The van der Waals surface area contributed by atoms with Gasteiger partial charge in [-0.3, -0.25) is 9.59 Å². The highest BCUT2D eigenvalue weighted by Crippen LogP contribution is 2.21. The first-order chi connectivity index (χ1) is 8.11. The van der Waals surface area contributed by atoms with Gasteiger partial charge in [0, 0.05) is 6.42 Å². The smallest absolute Gasteiger partial charge is 0.242 e. The van der Waals surface area contributed by atoms with Gasteiger partial charge in [-0.25, -0.2) is 4.39 Å². The summed E-state index contributed by atoms with van der Waals surface area (Å²) in [6, 6.07) is -0.442. The second-order valence-electron chi connectivity index (χ2n) is 4.28. The predicted octanol–water partition coefficient (Wildman–Crippen LogP) is -0.549. The number of alkyl halides is 1. The average Bonchev–Trinajstić information content (AvgIpc) is 2.85. The first kappa shape index (κ1) is 12.6. The Bertz CT molecular complexity index is 329. The number of likely N-dealkylation sites (tertiary alicyclic amines) is 1. The molecule has 0 unspecified atom stereocenters. The lowest BCUT2D eigenvalue weighted by molar-refractivity contribution is -0.139. The van der Waals surface area contributed by atoms with E-state index < -0.39 is 12.2 Å². The van der Waals surface area contributed by atoms with Crippen LogP contribution in [0.2, 0.25) is 0 Å². The van der Waals surface area contributed by atoms with Crippen molar-refractivity contribution in [2.45, 2.75) is 18.6 Å². The fourth-order valence-corrected chi connectivity index (χ4v) is 3.04. The van der Waals surface area contributed by atoms with Gasteiger partial charge >= 0.3 is 0 Å². The maximum Gasteiger partial charge on any atom is 0.242 e. The lowest BCUT2D eigenvalue weighted by Gasteiger charge is -2.25. The molecular formula is C10H15FN2O3S. The number of nitrogens with zero attached hydrogens (tertiary/aromatic N) is 2. The number of hydrogen-bond acceptors (Lipinski definition) is 4. The molecule has 2 fully saturated rings. The fourth-order valence-electron chi connectivity index (χ4n) is 2.13. The van der Waals surface area contributed by atoms with Crippen LogP contribution in [0.4, 0.5) is 4.39 Å². The van der Waals surface area contributed by atoms with E-state index >= 15 is 0 Å². The second-order valence-corrected chi connectivity index (χ2v) is 5.24. The van der Waals surface area contributed by atoms with Crippen molar-refractivity contribution < 1.29 is 19.1 Å². The molecule has 0 aromatic heterocycles. The molecule has 96 valence electrons. The van der Waals surface area contributed by atoms with Crippen molar-refractivity contribution in [3.63, 3.8) is 0 Å².